The molecule has 184 valence electrons. The molecule has 2 aliphatic rings. The number of dihydropyridines is 1. The van der Waals surface area contributed by atoms with Crippen molar-refractivity contribution in [3.05, 3.63) is 124 Å². The number of nitriles is 1. The fraction of sp³-hybridized carbons (Fsp3) is 0.133. The van der Waals surface area contributed by atoms with Gasteiger partial charge in [-0.05, 0) is 70.5 Å². The molecule has 0 radical (unpaired) electrons. The molecule has 2 N–H and O–H groups in total. The average molecular weight is 599 g/mol. The van der Waals surface area contributed by atoms with Crippen LogP contribution in [0.25, 0.3) is 17.0 Å². The summed E-state index contributed by atoms with van der Waals surface area (Å²) in [4.78, 5) is 13.1. The van der Waals surface area contributed by atoms with Crippen molar-refractivity contribution in [2.24, 2.45) is 7.05 Å². The van der Waals surface area contributed by atoms with E-state index in [1.807, 2.05) is 86.9 Å². The number of hydrogen-bond donors (Lipinski definition) is 2. The average Bonchev–Trinajstić information content (AvgIpc) is 3.23. The first-order valence-corrected chi connectivity index (χ1v) is 14.1. The van der Waals surface area contributed by atoms with Gasteiger partial charge in [0.1, 0.15) is 0 Å². The van der Waals surface area contributed by atoms with Gasteiger partial charge >= 0.3 is 5.69 Å². The molecule has 37 heavy (non-hydrogen) atoms. The van der Waals surface area contributed by atoms with E-state index < -0.39 is 26.1 Å². The van der Waals surface area contributed by atoms with Gasteiger partial charge in [-0.3, -0.25) is 9.98 Å². The van der Waals surface area contributed by atoms with Crippen molar-refractivity contribution in [2.45, 2.75) is 19.3 Å². The quantitative estimate of drug-likeness (QED) is 0.384. The smallest absolute Gasteiger partial charge is 0.333 e. The third-order valence-electron chi connectivity index (χ3n) is 6.49. The predicted molar refractivity (Wildman–Crippen MR) is 159 cm³/mol. The maximum atomic E-state index is 13.1. The Kier molecular flexibility index (Phi) is 6.52. The highest BCUT2D eigenvalue weighted by molar-refractivity contribution is 14.2. The molecule has 0 bridgehead atoms. The molecule has 0 fully saturated rings. The van der Waals surface area contributed by atoms with Gasteiger partial charge in [-0.2, -0.15) is 5.26 Å². The van der Waals surface area contributed by atoms with E-state index in [2.05, 4.69) is 27.5 Å². The van der Waals surface area contributed by atoms with E-state index in [-0.39, 0.29) is 5.69 Å². The van der Waals surface area contributed by atoms with Crippen LogP contribution in [0, 0.1) is 16.7 Å². The van der Waals surface area contributed by atoms with Crippen LogP contribution in [0.1, 0.15) is 30.7 Å². The molecule has 3 aromatic rings. The molecule has 0 unspecified atom stereocenters. The number of nitrogens with one attached hydrogen (secondary N) is 2. The first kappa shape index (κ1) is 24.7. The van der Waals surface area contributed by atoms with Gasteiger partial charge in [0.05, 0.1) is 32.3 Å². The van der Waals surface area contributed by atoms with Gasteiger partial charge in [-0.1, -0.05) is 63.2 Å². The molecule has 0 atom stereocenters. The van der Waals surface area contributed by atoms with Gasteiger partial charge in [-0.25, -0.2) is 4.79 Å². The Balaban J connectivity index is 1.58. The zero-order chi connectivity index (χ0) is 26.2. The van der Waals surface area contributed by atoms with E-state index in [0.29, 0.717) is 3.72 Å². The molecule has 7 heteroatoms. The Morgan fingerprint density at radius 3 is 2.46 bits per heavy atom. The lowest BCUT2D eigenvalue weighted by Crippen LogP contribution is -2.23. The highest BCUT2D eigenvalue weighted by Crippen LogP contribution is 2.31. The number of nitrogens with zero attached hydrogens (tertiary/aromatic N) is 3. The maximum Gasteiger partial charge on any atom is 0.333 e. The minimum atomic E-state index is -0.607. The number of aromatic nitrogens is 2. The van der Waals surface area contributed by atoms with Crippen LogP contribution in [0.5, 0.6) is 0 Å². The second-order valence-corrected chi connectivity index (χ2v) is 11.8. The first-order valence-electron chi connectivity index (χ1n) is 11.8. The normalized spacial score (nSPS) is 17.4. The highest BCUT2D eigenvalue weighted by atomic mass is 127. The van der Waals surface area contributed by atoms with Crippen molar-refractivity contribution >= 4 is 39.7 Å². The fourth-order valence-electron chi connectivity index (χ4n) is 4.28. The molecular formula is C30H26IN5O. The summed E-state index contributed by atoms with van der Waals surface area (Å²) in [5, 5.41) is 21.3. The molecule has 6 nitrogen and oxygen atoms in total. The van der Waals surface area contributed by atoms with Crippen molar-refractivity contribution in [3.63, 3.8) is 0 Å². The van der Waals surface area contributed by atoms with Crippen LogP contribution in [0.15, 0.2) is 101 Å². The van der Waals surface area contributed by atoms with Gasteiger partial charge in [0.25, 0.3) is 0 Å². The van der Waals surface area contributed by atoms with Crippen molar-refractivity contribution in [1.29, 1.82) is 10.7 Å². The number of allylic oxidation sites excluding steroid dienone is 6. The van der Waals surface area contributed by atoms with Crippen LogP contribution in [-0.4, -0.2) is 16.9 Å². The summed E-state index contributed by atoms with van der Waals surface area (Å²) in [6.07, 6.45) is 9.89. The van der Waals surface area contributed by atoms with Crippen LogP contribution >= 0.6 is 20.7 Å². The van der Waals surface area contributed by atoms with Crippen molar-refractivity contribution in [2.75, 3.05) is 0 Å². The second-order valence-electron chi connectivity index (χ2n) is 9.43. The van der Waals surface area contributed by atoms with Gasteiger partial charge in [0.2, 0.25) is 0 Å². The van der Waals surface area contributed by atoms with Crippen LogP contribution in [-0.2, 0) is 12.5 Å². The van der Waals surface area contributed by atoms with Gasteiger partial charge in [0, 0.05) is 25.0 Å². The summed E-state index contributed by atoms with van der Waals surface area (Å²) >= 11 is -0.544. The topological polar surface area (TPSA) is 86.6 Å². The maximum absolute atomic E-state index is 13.1. The zero-order valence-electron chi connectivity index (χ0n) is 20.8. The molecule has 1 aromatic heterocycles. The lowest BCUT2D eigenvalue weighted by Gasteiger charge is -2.18. The van der Waals surface area contributed by atoms with Crippen LogP contribution in [0.3, 0.4) is 0 Å². The Labute approximate surface area is 225 Å². The number of benzene rings is 2. The van der Waals surface area contributed by atoms with E-state index in [4.69, 9.17) is 5.41 Å². The first-order chi connectivity index (χ1) is 17.8. The van der Waals surface area contributed by atoms with Gasteiger partial charge in [0.15, 0.2) is 0 Å². The summed E-state index contributed by atoms with van der Waals surface area (Å²) in [7, 11) is 1.74. The number of imidazole rings is 1. The van der Waals surface area contributed by atoms with E-state index in [9.17, 15) is 10.1 Å². The van der Waals surface area contributed by atoms with Crippen LogP contribution < -0.4 is 11.0 Å². The standard InChI is InChI=1S/C30H26IN5O/c1-30(2,19-32)23-9-11-24(12-10-23)36-27(18-35(3)29(36)37)26-16-21(13-14-34-26)22-15-25(28(33)31-17-22)20-7-5-4-6-8-20/h4-18,33-34H,1-3H3. The van der Waals surface area contributed by atoms with Crippen molar-refractivity contribution in [3.8, 4) is 11.8 Å². The third-order valence-corrected chi connectivity index (χ3v) is 8.68. The Hall–Kier alpha value is -4.03. The summed E-state index contributed by atoms with van der Waals surface area (Å²) in [6, 6.07) is 20.0. The Morgan fingerprint density at radius 1 is 1.03 bits per heavy atom. The zero-order valence-corrected chi connectivity index (χ0v) is 22.9. The molecule has 0 amide bonds. The lowest BCUT2D eigenvalue weighted by molar-refractivity contribution is 0.686. The number of rotatable bonds is 4. The summed E-state index contributed by atoms with van der Waals surface area (Å²) in [5.74, 6) is 0. The van der Waals surface area contributed by atoms with E-state index >= 15 is 0 Å². The van der Waals surface area contributed by atoms with E-state index in [1.54, 1.807) is 16.2 Å². The van der Waals surface area contributed by atoms with E-state index in [0.717, 1.165) is 44.9 Å². The van der Waals surface area contributed by atoms with Crippen molar-refractivity contribution in [1.82, 2.24) is 14.5 Å². The molecule has 2 aliphatic heterocycles. The molecular weight excluding hydrogens is 573 g/mol. The molecule has 2 aromatic carbocycles. The lowest BCUT2D eigenvalue weighted by atomic mass is 9.86. The summed E-state index contributed by atoms with van der Waals surface area (Å²) < 4.78 is 6.14. The fourth-order valence-corrected chi connectivity index (χ4v) is 6.27. The van der Waals surface area contributed by atoms with Crippen LogP contribution in [0.2, 0.25) is 0 Å². The number of aryl methyl sites for hydroxylation is 1. The second kappa shape index (κ2) is 9.79. The molecule has 0 saturated carbocycles. The Morgan fingerprint density at radius 2 is 1.76 bits per heavy atom. The highest BCUT2D eigenvalue weighted by Gasteiger charge is 2.21. The Bertz CT molecular complexity index is 1650. The number of hydrogen-bond acceptors (Lipinski definition) is 4. The largest absolute Gasteiger partial charge is 0.360 e. The number of halogens is 1. The minimum absolute atomic E-state index is 0.149. The molecule has 0 aliphatic carbocycles. The summed E-state index contributed by atoms with van der Waals surface area (Å²) in [5.41, 5.74) is 6.58. The minimum Gasteiger partial charge on any atom is -0.360 e. The third kappa shape index (κ3) is 4.72. The van der Waals surface area contributed by atoms with Gasteiger partial charge in [-0.15, -0.1) is 0 Å². The molecule has 0 saturated heterocycles. The molecule has 5 rings (SSSR count). The van der Waals surface area contributed by atoms with Crippen molar-refractivity contribution < 1.29 is 0 Å². The van der Waals surface area contributed by atoms with E-state index in [1.165, 1.54) is 0 Å². The molecule has 3 heterocycles. The van der Waals surface area contributed by atoms with Gasteiger partial charge < -0.3 is 9.88 Å². The monoisotopic (exact) mass is 599 g/mol. The predicted octanol–water partition coefficient (Wildman–Crippen LogP) is 5.58. The van der Waals surface area contributed by atoms with Crippen LogP contribution in [0.4, 0.5) is 0 Å². The SMILES string of the molecule is Cn1cc(C2=CC(=C3C=IC(=N)C(c4ccccc4)=C3)C=CN2)n(-c2ccc(C(C)(C)C#N)cc2)c1=O. The molecule has 0 spiro atoms. The summed E-state index contributed by atoms with van der Waals surface area (Å²) in [6.45, 7) is 3.76.